The minimum atomic E-state index is -1.05. The van der Waals surface area contributed by atoms with E-state index in [1.54, 1.807) is 48.5 Å². The second kappa shape index (κ2) is 42.7. The first-order valence-electron chi connectivity index (χ1n) is 29.6. The fourth-order valence-corrected chi connectivity index (χ4v) is 10.7. The third-order valence-electron chi connectivity index (χ3n) is 13.4. The highest BCUT2D eigenvalue weighted by atomic mass is 79.9. The maximum absolute atomic E-state index is 12.8. The van der Waals surface area contributed by atoms with E-state index in [1.807, 2.05) is 36.4 Å². The first-order chi connectivity index (χ1) is 41.2. The molecule has 1 aliphatic rings. The van der Waals surface area contributed by atoms with Crippen molar-refractivity contribution in [3.05, 3.63) is 131 Å². The number of quaternary nitrogens is 1. The molecule has 4 aromatic carbocycles. The van der Waals surface area contributed by atoms with Crippen LogP contribution in [0, 0.1) is 0 Å². The lowest BCUT2D eigenvalue weighted by Crippen LogP contribution is -3.00. The van der Waals surface area contributed by atoms with Crippen LogP contribution in [0.3, 0.4) is 0 Å². The maximum atomic E-state index is 12.8. The van der Waals surface area contributed by atoms with Gasteiger partial charge in [-0.3, -0.25) is 9.59 Å². The summed E-state index contributed by atoms with van der Waals surface area (Å²) in [6.45, 7) is 23.9. The smallest absolute Gasteiger partial charge is 0.344 e. The number of nitrogens with zero attached hydrogens (tertiary/aromatic N) is 1. The van der Waals surface area contributed by atoms with E-state index in [9.17, 15) is 33.9 Å². The number of rotatable bonds is 36. The van der Waals surface area contributed by atoms with Crippen LogP contribution in [0.5, 0.6) is 11.5 Å². The van der Waals surface area contributed by atoms with E-state index < -0.39 is 30.6 Å². The maximum Gasteiger partial charge on any atom is 0.344 e. The Morgan fingerprint density at radius 2 is 1.00 bits per heavy atom. The van der Waals surface area contributed by atoms with Gasteiger partial charge in [0.15, 0.2) is 24.1 Å². The van der Waals surface area contributed by atoms with Gasteiger partial charge in [0.2, 0.25) is 0 Å². The van der Waals surface area contributed by atoms with Crippen LogP contribution in [0.2, 0.25) is 0 Å². The van der Waals surface area contributed by atoms with Crippen molar-refractivity contribution in [2.45, 2.75) is 117 Å². The van der Waals surface area contributed by atoms with Crippen molar-refractivity contribution in [1.29, 1.82) is 0 Å². The number of carbonyl (C=O) groups is 4. The summed E-state index contributed by atoms with van der Waals surface area (Å²) in [4.78, 5) is 69.1. The normalized spacial score (nSPS) is 12.6. The SMILES string of the molecule is C=CC(=O)OCCCCOCC(O)COC(=O)COc1ccc2sc3ccccc3c(=O)c2c1.C=CC(=O)OCCCCOCC1CO1.CCCC[N+](CCCC)(CCCC)CCCC.O=C(O)COc1ccc2sc3ccccc3c(=O)c2c1.[Br-]. The number of aliphatic hydroxyl groups excluding tert-OH is 1. The number of fused-ring (bicyclic) bond motifs is 4. The van der Waals surface area contributed by atoms with Crippen LogP contribution < -0.4 is 37.3 Å². The van der Waals surface area contributed by atoms with Gasteiger partial charge in [-0.25, -0.2) is 19.2 Å². The van der Waals surface area contributed by atoms with Gasteiger partial charge < -0.3 is 69.6 Å². The number of ether oxygens (including phenoxy) is 8. The number of halogens is 1. The van der Waals surface area contributed by atoms with Gasteiger partial charge in [-0.2, -0.15) is 0 Å². The number of aliphatic hydroxyl groups is 1. The van der Waals surface area contributed by atoms with Gasteiger partial charge in [-0.1, -0.05) is 90.8 Å². The van der Waals surface area contributed by atoms with Crippen molar-refractivity contribution in [2.24, 2.45) is 0 Å². The molecule has 3 heterocycles. The molecule has 0 spiro atoms. The molecule has 0 bridgehead atoms. The molecule has 2 atom stereocenters. The topological polar surface area (TPSA) is 220 Å². The highest BCUT2D eigenvalue weighted by Gasteiger charge is 2.25. The van der Waals surface area contributed by atoms with Crippen molar-refractivity contribution < 1.29 is 88.8 Å². The molecular formula is C66H88BrNO16S2. The minimum Gasteiger partial charge on any atom is -1.00 e. The Labute approximate surface area is 524 Å². The number of carboxylic acids is 1. The van der Waals surface area contributed by atoms with Gasteiger partial charge in [0.05, 0.1) is 59.2 Å². The van der Waals surface area contributed by atoms with E-state index in [4.69, 9.17) is 43.0 Å². The number of epoxide rings is 1. The molecule has 2 N–H and O–H groups in total. The van der Waals surface area contributed by atoms with Crippen molar-refractivity contribution in [2.75, 3.05) is 92.2 Å². The molecule has 2 aromatic heterocycles. The Hall–Kier alpha value is -6.10. The summed E-state index contributed by atoms with van der Waals surface area (Å²) in [5.41, 5.74) is -0.145. The standard InChI is InChI=1S/C25H26O8S.C16H36N.C15H10O4S.C10H16O4.BrH/c1-2-23(27)31-12-6-5-11-30-14-17(26)15-33-24(28)16-32-18-9-10-22-20(13-18)25(29)19-7-3-4-8-21(19)34-22;1-5-9-13-17(14-10-6-2,15-11-7-3)16-12-8-4;16-14(17)8-19-9-5-6-13-11(7-9)15(18)10-3-1-2-4-12(10)20-13;1-2-10(11)13-6-4-3-5-12-7-9-8-14-9;/h2-4,7-10,13,17,26H,1,5-6,11-12,14-16H2;5-16H2,1-4H3;1-7H,8H2,(H,16,17);2,9H,1,3-8H2;1H/q;+1;;;/p-1. The largest absolute Gasteiger partial charge is 1.00 e. The van der Waals surface area contributed by atoms with Crippen LogP contribution in [0.4, 0.5) is 0 Å². The molecule has 0 radical (unpaired) electrons. The molecule has 86 heavy (non-hydrogen) atoms. The monoisotopic (exact) mass is 1290 g/mol. The van der Waals surface area contributed by atoms with E-state index in [0.29, 0.717) is 78.4 Å². The summed E-state index contributed by atoms with van der Waals surface area (Å²) in [7, 11) is 0. The number of unbranched alkanes of at least 4 members (excludes halogenated alkanes) is 6. The number of hydrogen-bond donors (Lipinski definition) is 2. The lowest BCUT2D eigenvalue weighted by Gasteiger charge is -2.39. The van der Waals surface area contributed by atoms with Crippen LogP contribution in [-0.4, -0.2) is 143 Å². The van der Waals surface area contributed by atoms with Gasteiger partial charge in [0, 0.05) is 65.7 Å². The minimum absolute atomic E-state index is 0. The quantitative estimate of drug-likeness (QED) is 0.00713. The van der Waals surface area contributed by atoms with E-state index in [1.165, 1.54) is 111 Å². The van der Waals surface area contributed by atoms with Gasteiger partial charge in [-0.15, -0.1) is 22.7 Å². The lowest BCUT2D eigenvalue weighted by molar-refractivity contribution is -0.929. The van der Waals surface area contributed by atoms with Crippen molar-refractivity contribution in [3.63, 3.8) is 0 Å². The molecule has 17 nitrogen and oxygen atoms in total. The molecule has 20 heteroatoms. The number of carbonyl (C=O) groups excluding carboxylic acids is 3. The van der Waals surface area contributed by atoms with E-state index >= 15 is 0 Å². The summed E-state index contributed by atoms with van der Waals surface area (Å²) in [6.07, 6.45) is 15.7. The lowest BCUT2D eigenvalue weighted by atomic mass is 10.1. The molecule has 1 fully saturated rings. The van der Waals surface area contributed by atoms with Crippen molar-refractivity contribution in [3.8, 4) is 11.5 Å². The average Bonchev–Trinajstić information content (AvgIpc) is 1.37. The third kappa shape index (κ3) is 28.2. The van der Waals surface area contributed by atoms with E-state index in [0.717, 1.165) is 44.3 Å². The Morgan fingerprint density at radius 3 is 1.43 bits per heavy atom. The molecule has 1 saturated heterocycles. The number of aliphatic carboxylic acids is 1. The molecule has 1 aliphatic heterocycles. The summed E-state index contributed by atoms with van der Waals surface area (Å²) < 4.78 is 45.8. The summed E-state index contributed by atoms with van der Waals surface area (Å²) in [6, 6.07) is 25.0. The number of carboxylic acid groups (broad SMARTS) is 1. The number of benzene rings is 4. The summed E-state index contributed by atoms with van der Waals surface area (Å²) in [5.74, 6) is -1.75. The van der Waals surface area contributed by atoms with Crippen molar-refractivity contribution in [1.82, 2.24) is 0 Å². The average molecular weight is 1300 g/mol. The Kier molecular flexibility index (Phi) is 36.8. The molecule has 7 rings (SSSR count). The highest BCUT2D eigenvalue weighted by Crippen LogP contribution is 2.29. The fraction of sp³-hybridized carbons (Fsp3) is 0.485. The second-order valence-corrected chi connectivity index (χ2v) is 22.6. The van der Waals surface area contributed by atoms with Gasteiger partial charge in [0.25, 0.3) is 0 Å². The zero-order valence-electron chi connectivity index (χ0n) is 50.4. The molecular weight excluding hydrogens is 1210 g/mol. The Balaban J connectivity index is 0.000000319. The van der Waals surface area contributed by atoms with Crippen LogP contribution >= 0.6 is 22.7 Å². The molecule has 2 unspecified atom stereocenters. The molecule has 472 valence electrons. The highest BCUT2D eigenvalue weighted by molar-refractivity contribution is 7.25. The summed E-state index contributed by atoms with van der Waals surface area (Å²) >= 11 is 3.04. The fourth-order valence-electron chi connectivity index (χ4n) is 8.63. The Morgan fingerprint density at radius 1 is 0.581 bits per heavy atom. The second-order valence-electron chi connectivity index (χ2n) is 20.4. The Bertz CT molecular complexity index is 3090. The summed E-state index contributed by atoms with van der Waals surface area (Å²) in [5, 5.41) is 20.9. The number of esters is 3. The molecule has 0 aliphatic carbocycles. The zero-order valence-corrected chi connectivity index (χ0v) is 53.7. The van der Waals surface area contributed by atoms with Crippen LogP contribution in [0.15, 0.2) is 120 Å². The first kappa shape index (κ1) is 74.2. The van der Waals surface area contributed by atoms with Gasteiger partial charge >= 0.3 is 23.9 Å². The van der Waals surface area contributed by atoms with E-state index in [2.05, 4.69) is 40.9 Å². The third-order valence-corrected chi connectivity index (χ3v) is 15.7. The van der Waals surface area contributed by atoms with Crippen LogP contribution in [-0.2, 0) is 47.6 Å². The van der Waals surface area contributed by atoms with E-state index in [-0.39, 0.29) is 60.2 Å². The molecule has 0 amide bonds. The predicted octanol–water partition coefficient (Wildman–Crippen LogP) is 9.02. The zero-order chi connectivity index (χ0) is 61.7. The van der Waals surface area contributed by atoms with Crippen molar-refractivity contribution >= 4 is 86.9 Å². The molecule has 0 saturated carbocycles. The van der Waals surface area contributed by atoms with Crippen LogP contribution in [0.1, 0.15) is 105 Å². The first-order valence-corrected chi connectivity index (χ1v) is 31.3. The van der Waals surface area contributed by atoms with Gasteiger partial charge in [-0.05, 0) is 112 Å². The number of hydrogen-bond acceptors (Lipinski definition) is 17. The molecule has 6 aromatic rings. The van der Waals surface area contributed by atoms with Crippen LogP contribution in [0.25, 0.3) is 40.3 Å². The van der Waals surface area contributed by atoms with Gasteiger partial charge in [0.1, 0.15) is 30.3 Å². The predicted molar refractivity (Wildman–Crippen MR) is 338 cm³/mol.